The van der Waals surface area contributed by atoms with Gasteiger partial charge in [-0.25, -0.2) is 4.68 Å². The van der Waals surface area contributed by atoms with Gasteiger partial charge >= 0.3 is 6.18 Å². The smallest absolute Gasteiger partial charge is 0.308 e. The minimum atomic E-state index is -4.19. The van der Waals surface area contributed by atoms with Crippen LogP contribution < -0.4 is 5.32 Å². The van der Waals surface area contributed by atoms with E-state index in [-0.39, 0.29) is 12.6 Å². The van der Waals surface area contributed by atoms with E-state index in [0.717, 1.165) is 0 Å². The molecular weight excluding hydrogens is 223 g/mol. The predicted molar refractivity (Wildman–Crippen MR) is 50.5 cm³/mol. The third-order valence-corrected chi connectivity index (χ3v) is 1.88. The van der Waals surface area contributed by atoms with Crippen molar-refractivity contribution < 1.29 is 13.2 Å². The lowest BCUT2D eigenvalue weighted by molar-refractivity contribution is -0.137. The molecule has 0 spiro atoms. The number of rotatable bonds is 5. The van der Waals surface area contributed by atoms with Crippen molar-refractivity contribution in [3.63, 3.8) is 0 Å². The van der Waals surface area contributed by atoms with Crippen molar-refractivity contribution in [2.75, 3.05) is 0 Å². The van der Waals surface area contributed by atoms with E-state index in [1.807, 2.05) is 13.8 Å². The summed E-state index contributed by atoms with van der Waals surface area (Å²) in [5.74, 6) is 0.415. The fraction of sp³-hybridized carbons (Fsp3) is 0.875. The highest BCUT2D eigenvalue weighted by Gasteiger charge is 2.27. The van der Waals surface area contributed by atoms with Crippen LogP contribution in [0.25, 0.3) is 0 Å². The van der Waals surface area contributed by atoms with Crippen LogP contribution in [0.3, 0.4) is 0 Å². The fourth-order valence-corrected chi connectivity index (χ4v) is 1.05. The summed E-state index contributed by atoms with van der Waals surface area (Å²) in [5.41, 5.74) is 0. The maximum absolute atomic E-state index is 12.0. The number of halogens is 3. The van der Waals surface area contributed by atoms with Crippen molar-refractivity contribution in [3.8, 4) is 0 Å². The Morgan fingerprint density at radius 2 is 2.06 bits per heavy atom. The summed E-state index contributed by atoms with van der Waals surface area (Å²) in [7, 11) is 0. The molecule has 1 N–H and O–H groups in total. The van der Waals surface area contributed by atoms with Gasteiger partial charge in [0, 0.05) is 6.04 Å². The SMILES string of the molecule is CC(C)NCc1nnnn1CCC(F)(F)F. The molecular formula is C8H14F3N5. The Balaban J connectivity index is 2.50. The normalized spacial score (nSPS) is 12.4. The van der Waals surface area contributed by atoms with E-state index in [1.54, 1.807) is 0 Å². The molecule has 0 unspecified atom stereocenters. The lowest BCUT2D eigenvalue weighted by Gasteiger charge is -2.09. The minimum absolute atomic E-state index is 0.229. The lowest BCUT2D eigenvalue weighted by atomic mass is 10.4. The molecule has 8 heteroatoms. The standard InChI is InChI=1S/C8H14F3N5/c1-6(2)12-5-7-13-14-15-16(7)4-3-8(9,10)11/h6,12H,3-5H2,1-2H3. The summed E-state index contributed by atoms with van der Waals surface area (Å²) in [6, 6.07) is 0.229. The highest BCUT2D eigenvalue weighted by atomic mass is 19.4. The zero-order valence-corrected chi connectivity index (χ0v) is 9.12. The first-order chi connectivity index (χ1) is 7.38. The highest BCUT2D eigenvalue weighted by Crippen LogP contribution is 2.20. The molecule has 1 heterocycles. The van der Waals surface area contributed by atoms with Gasteiger partial charge in [0.1, 0.15) is 0 Å². The molecule has 0 amide bonds. The summed E-state index contributed by atoms with van der Waals surface area (Å²) < 4.78 is 37.2. The Hall–Kier alpha value is -1.18. The number of nitrogens with one attached hydrogen (secondary N) is 1. The zero-order valence-electron chi connectivity index (χ0n) is 9.12. The van der Waals surface area contributed by atoms with E-state index in [4.69, 9.17) is 0 Å². The van der Waals surface area contributed by atoms with E-state index in [1.165, 1.54) is 4.68 Å². The van der Waals surface area contributed by atoms with Crippen LogP contribution in [-0.4, -0.2) is 32.4 Å². The predicted octanol–water partition coefficient (Wildman–Crippen LogP) is 1.12. The van der Waals surface area contributed by atoms with Gasteiger partial charge in [0.05, 0.1) is 19.5 Å². The van der Waals surface area contributed by atoms with Crippen molar-refractivity contribution in [2.24, 2.45) is 0 Å². The summed E-state index contributed by atoms with van der Waals surface area (Å²) in [6.45, 7) is 3.99. The van der Waals surface area contributed by atoms with Crippen LogP contribution in [0.5, 0.6) is 0 Å². The molecule has 0 aliphatic heterocycles. The van der Waals surface area contributed by atoms with Crippen molar-refractivity contribution in [1.82, 2.24) is 25.5 Å². The highest BCUT2D eigenvalue weighted by molar-refractivity contribution is 4.80. The number of aryl methyl sites for hydroxylation is 1. The first kappa shape index (κ1) is 12.9. The molecule has 0 radical (unpaired) electrons. The number of aromatic nitrogens is 4. The second-order valence-electron chi connectivity index (χ2n) is 3.72. The van der Waals surface area contributed by atoms with Gasteiger partial charge in [0.25, 0.3) is 0 Å². The summed E-state index contributed by atoms with van der Waals surface area (Å²) in [4.78, 5) is 0. The second kappa shape index (κ2) is 5.24. The maximum Gasteiger partial charge on any atom is 0.390 e. The molecule has 0 fully saturated rings. The van der Waals surface area contributed by atoms with Crippen molar-refractivity contribution in [1.29, 1.82) is 0 Å². The maximum atomic E-state index is 12.0. The quantitative estimate of drug-likeness (QED) is 0.833. The number of tetrazole rings is 1. The third-order valence-electron chi connectivity index (χ3n) is 1.88. The second-order valence-corrected chi connectivity index (χ2v) is 3.72. The Kier molecular flexibility index (Phi) is 4.22. The van der Waals surface area contributed by atoms with Gasteiger partial charge in [-0.1, -0.05) is 13.8 Å². The number of hydrogen-bond acceptors (Lipinski definition) is 4. The Morgan fingerprint density at radius 1 is 1.38 bits per heavy atom. The van der Waals surface area contributed by atoms with E-state index >= 15 is 0 Å². The first-order valence-corrected chi connectivity index (χ1v) is 4.93. The molecule has 1 rings (SSSR count). The topological polar surface area (TPSA) is 55.6 Å². The number of nitrogens with zero attached hydrogens (tertiary/aromatic N) is 4. The van der Waals surface area contributed by atoms with Crippen molar-refractivity contribution in [3.05, 3.63) is 5.82 Å². The van der Waals surface area contributed by atoms with Gasteiger partial charge in [-0.3, -0.25) is 0 Å². The van der Waals surface area contributed by atoms with E-state index < -0.39 is 12.6 Å². The molecule has 1 aromatic heterocycles. The van der Waals surface area contributed by atoms with Crippen LogP contribution in [0.15, 0.2) is 0 Å². The molecule has 5 nitrogen and oxygen atoms in total. The average Bonchev–Trinajstić information content (AvgIpc) is 2.57. The molecule has 0 saturated heterocycles. The van der Waals surface area contributed by atoms with Crippen LogP contribution in [0, 0.1) is 0 Å². The largest absolute Gasteiger partial charge is 0.390 e. The molecule has 0 atom stereocenters. The van der Waals surface area contributed by atoms with E-state index in [9.17, 15) is 13.2 Å². The van der Waals surface area contributed by atoms with E-state index in [0.29, 0.717) is 12.4 Å². The van der Waals surface area contributed by atoms with Crippen LogP contribution in [-0.2, 0) is 13.1 Å². The van der Waals surface area contributed by atoms with Crippen LogP contribution in [0.1, 0.15) is 26.1 Å². The zero-order chi connectivity index (χ0) is 12.2. The van der Waals surface area contributed by atoms with Gasteiger partial charge in [-0.2, -0.15) is 13.2 Å². The molecule has 0 saturated carbocycles. The summed E-state index contributed by atoms with van der Waals surface area (Å²) >= 11 is 0. The molecule has 0 aliphatic carbocycles. The molecule has 16 heavy (non-hydrogen) atoms. The molecule has 0 bridgehead atoms. The number of alkyl halides is 3. The van der Waals surface area contributed by atoms with E-state index in [2.05, 4.69) is 20.8 Å². The van der Waals surface area contributed by atoms with Gasteiger partial charge in [0.15, 0.2) is 5.82 Å². The lowest BCUT2D eigenvalue weighted by Crippen LogP contribution is -2.25. The van der Waals surface area contributed by atoms with Gasteiger partial charge in [0.2, 0.25) is 0 Å². The van der Waals surface area contributed by atoms with Crippen LogP contribution in [0.2, 0.25) is 0 Å². The Morgan fingerprint density at radius 3 is 2.62 bits per heavy atom. The Labute approximate surface area is 91.0 Å². The monoisotopic (exact) mass is 237 g/mol. The average molecular weight is 237 g/mol. The summed E-state index contributed by atoms with van der Waals surface area (Å²) in [5, 5.41) is 13.6. The molecule has 0 aliphatic rings. The van der Waals surface area contributed by atoms with Crippen LogP contribution in [0.4, 0.5) is 13.2 Å². The number of hydrogen-bond donors (Lipinski definition) is 1. The van der Waals surface area contributed by atoms with Gasteiger partial charge in [-0.05, 0) is 10.4 Å². The van der Waals surface area contributed by atoms with Gasteiger partial charge < -0.3 is 5.32 Å². The molecule has 92 valence electrons. The van der Waals surface area contributed by atoms with Crippen LogP contribution >= 0.6 is 0 Å². The minimum Gasteiger partial charge on any atom is -0.308 e. The third kappa shape index (κ3) is 4.56. The van der Waals surface area contributed by atoms with Crippen molar-refractivity contribution >= 4 is 0 Å². The molecule has 1 aromatic rings. The first-order valence-electron chi connectivity index (χ1n) is 4.93. The van der Waals surface area contributed by atoms with Crippen molar-refractivity contribution in [2.45, 2.75) is 45.6 Å². The Bertz CT molecular complexity index is 320. The molecule has 0 aromatic carbocycles. The summed E-state index contributed by atoms with van der Waals surface area (Å²) in [6.07, 6.45) is -5.11. The fourth-order valence-electron chi connectivity index (χ4n) is 1.05. The van der Waals surface area contributed by atoms with Gasteiger partial charge in [-0.15, -0.1) is 5.10 Å².